The van der Waals surface area contributed by atoms with E-state index < -0.39 is 5.97 Å². The van der Waals surface area contributed by atoms with Gasteiger partial charge in [-0.25, -0.2) is 0 Å². The van der Waals surface area contributed by atoms with Gasteiger partial charge in [0.2, 0.25) is 0 Å². The molecule has 0 atom stereocenters. The highest BCUT2D eigenvalue weighted by Crippen LogP contribution is 1.99. The van der Waals surface area contributed by atoms with Gasteiger partial charge < -0.3 is 10.4 Å². The van der Waals surface area contributed by atoms with E-state index >= 15 is 0 Å². The number of hydrogen-bond acceptors (Lipinski definition) is 4. The number of carboxylic acid groups (broad SMARTS) is 1. The third-order valence-corrected chi connectivity index (χ3v) is 2.80. The number of aromatic nitrogens is 4. The van der Waals surface area contributed by atoms with Gasteiger partial charge in [0.15, 0.2) is 0 Å². The number of nitrogens with zero attached hydrogens (tertiary/aromatic N) is 4. The normalized spacial score (nSPS) is 10.5. The first kappa shape index (κ1) is 14.8. The molecule has 0 aliphatic carbocycles. The number of carboxylic acids is 1. The molecule has 0 spiro atoms. The van der Waals surface area contributed by atoms with Gasteiger partial charge in [0.1, 0.15) is 6.54 Å². The third kappa shape index (κ3) is 4.44. The molecule has 0 saturated heterocycles. The number of rotatable bonds is 7. The van der Waals surface area contributed by atoms with E-state index in [9.17, 15) is 9.59 Å². The predicted molar refractivity (Wildman–Crippen MR) is 73.8 cm³/mol. The Morgan fingerprint density at radius 2 is 2.00 bits per heavy atom. The monoisotopic (exact) mass is 291 g/mol. The van der Waals surface area contributed by atoms with Crippen molar-refractivity contribution >= 4 is 11.9 Å². The lowest BCUT2D eigenvalue weighted by molar-refractivity contribution is -0.137. The number of carbonyl (C=O) groups is 2. The van der Waals surface area contributed by atoms with Crippen LogP contribution in [0.15, 0.2) is 24.8 Å². The minimum atomic E-state index is -1.00. The van der Waals surface area contributed by atoms with Crippen LogP contribution in [0.25, 0.3) is 0 Å². The number of aryl methyl sites for hydroxylation is 2. The molecule has 0 aliphatic rings. The number of carbonyl (C=O) groups excluding carboxylic acids is 1. The fourth-order valence-electron chi connectivity index (χ4n) is 1.84. The molecule has 0 bridgehead atoms. The molecule has 2 rings (SSSR count). The maximum absolute atomic E-state index is 11.8. The van der Waals surface area contributed by atoms with Crippen LogP contribution in [0.3, 0.4) is 0 Å². The topological polar surface area (TPSA) is 102 Å². The van der Waals surface area contributed by atoms with E-state index in [1.807, 2.05) is 17.8 Å². The van der Waals surface area contributed by atoms with E-state index in [1.165, 1.54) is 17.1 Å². The molecule has 0 unspecified atom stereocenters. The van der Waals surface area contributed by atoms with Crippen molar-refractivity contribution in [3.05, 3.63) is 35.9 Å². The average molecular weight is 291 g/mol. The van der Waals surface area contributed by atoms with Crippen molar-refractivity contribution in [2.45, 2.75) is 26.4 Å². The molecule has 2 aromatic rings. The van der Waals surface area contributed by atoms with Gasteiger partial charge in [-0.15, -0.1) is 0 Å². The van der Waals surface area contributed by atoms with Crippen LogP contribution in [-0.4, -0.2) is 43.1 Å². The van der Waals surface area contributed by atoms with E-state index in [2.05, 4.69) is 15.5 Å². The zero-order chi connectivity index (χ0) is 15.2. The van der Waals surface area contributed by atoms with Crippen LogP contribution in [0.2, 0.25) is 0 Å². The summed E-state index contributed by atoms with van der Waals surface area (Å²) in [5.41, 5.74) is 1.45. The van der Waals surface area contributed by atoms with Crippen molar-refractivity contribution in [3.8, 4) is 0 Å². The lowest BCUT2D eigenvalue weighted by Gasteiger charge is -2.03. The summed E-state index contributed by atoms with van der Waals surface area (Å²) in [6.45, 7) is 2.96. The molecule has 2 heterocycles. The number of hydrogen-bond donors (Lipinski definition) is 2. The summed E-state index contributed by atoms with van der Waals surface area (Å²) in [6.07, 6.45) is 7.26. The highest BCUT2D eigenvalue weighted by molar-refractivity contribution is 5.93. The van der Waals surface area contributed by atoms with E-state index in [1.54, 1.807) is 6.20 Å². The number of amides is 1. The van der Waals surface area contributed by atoms with Crippen LogP contribution in [-0.2, 0) is 17.9 Å². The maximum atomic E-state index is 11.8. The van der Waals surface area contributed by atoms with Crippen molar-refractivity contribution < 1.29 is 14.7 Å². The quantitative estimate of drug-likeness (QED) is 0.714. The minimum absolute atomic E-state index is 0.258. The number of aliphatic carboxylic acids is 1. The molecule has 8 heteroatoms. The summed E-state index contributed by atoms with van der Waals surface area (Å²) in [5.74, 6) is -1.26. The minimum Gasteiger partial charge on any atom is -0.480 e. The molecule has 1 amide bonds. The Hall–Kier alpha value is -2.64. The van der Waals surface area contributed by atoms with Crippen LogP contribution < -0.4 is 5.32 Å². The highest BCUT2D eigenvalue weighted by Gasteiger charge is 2.09. The van der Waals surface area contributed by atoms with Gasteiger partial charge >= 0.3 is 5.97 Å². The second-order valence-corrected chi connectivity index (χ2v) is 4.71. The van der Waals surface area contributed by atoms with Crippen LogP contribution in [0.4, 0.5) is 0 Å². The van der Waals surface area contributed by atoms with E-state index in [0.717, 1.165) is 18.5 Å². The summed E-state index contributed by atoms with van der Waals surface area (Å²) in [5, 5.41) is 19.4. The molecule has 8 nitrogen and oxygen atoms in total. The predicted octanol–water partition coefficient (Wildman–Crippen LogP) is 0.293. The molecule has 0 aromatic carbocycles. The standard InChI is InChI=1S/C13H17N5O3/c1-10-5-15-17(7-10)4-2-3-14-13(21)11-6-16-18(8-11)9-12(19)20/h5-8H,2-4,9H2,1H3,(H,14,21)(H,19,20). The largest absolute Gasteiger partial charge is 0.480 e. The third-order valence-electron chi connectivity index (χ3n) is 2.80. The smallest absolute Gasteiger partial charge is 0.325 e. The Morgan fingerprint density at radius 1 is 1.24 bits per heavy atom. The Morgan fingerprint density at radius 3 is 2.67 bits per heavy atom. The van der Waals surface area contributed by atoms with Crippen LogP contribution in [0, 0.1) is 6.92 Å². The van der Waals surface area contributed by atoms with Gasteiger partial charge in [0, 0.05) is 25.5 Å². The van der Waals surface area contributed by atoms with Crippen LogP contribution in [0.1, 0.15) is 22.3 Å². The highest BCUT2D eigenvalue weighted by atomic mass is 16.4. The summed E-state index contributed by atoms with van der Waals surface area (Å²) >= 11 is 0. The molecular formula is C13H17N5O3. The van der Waals surface area contributed by atoms with E-state index in [-0.39, 0.29) is 12.5 Å². The first-order valence-corrected chi connectivity index (χ1v) is 6.56. The van der Waals surface area contributed by atoms with Gasteiger partial charge in [-0.1, -0.05) is 0 Å². The lowest BCUT2D eigenvalue weighted by atomic mass is 10.3. The Balaban J connectivity index is 1.74. The van der Waals surface area contributed by atoms with Crippen molar-refractivity contribution in [1.29, 1.82) is 0 Å². The average Bonchev–Trinajstić information content (AvgIpc) is 3.03. The van der Waals surface area contributed by atoms with Gasteiger partial charge in [0.05, 0.1) is 18.0 Å². The zero-order valence-electron chi connectivity index (χ0n) is 11.7. The molecule has 2 N–H and O–H groups in total. The molecule has 0 fully saturated rings. The Labute approximate surface area is 121 Å². The second-order valence-electron chi connectivity index (χ2n) is 4.71. The molecule has 2 aromatic heterocycles. The lowest BCUT2D eigenvalue weighted by Crippen LogP contribution is -2.25. The van der Waals surface area contributed by atoms with Crippen molar-refractivity contribution in [2.24, 2.45) is 0 Å². The Kier molecular flexibility index (Phi) is 4.70. The maximum Gasteiger partial charge on any atom is 0.325 e. The van der Waals surface area contributed by atoms with Crippen LogP contribution in [0.5, 0.6) is 0 Å². The zero-order valence-corrected chi connectivity index (χ0v) is 11.7. The van der Waals surface area contributed by atoms with Gasteiger partial charge in [-0.05, 0) is 18.9 Å². The van der Waals surface area contributed by atoms with Crippen LogP contribution >= 0.6 is 0 Å². The van der Waals surface area contributed by atoms with E-state index in [4.69, 9.17) is 5.11 Å². The van der Waals surface area contributed by atoms with Gasteiger partial charge in [-0.3, -0.25) is 19.0 Å². The summed E-state index contributed by atoms with van der Waals surface area (Å²) < 4.78 is 3.04. The fourth-order valence-corrected chi connectivity index (χ4v) is 1.84. The summed E-state index contributed by atoms with van der Waals surface area (Å²) in [6, 6.07) is 0. The SMILES string of the molecule is Cc1cnn(CCCNC(=O)c2cnn(CC(=O)O)c2)c1. The molecule has 21 heavy (non-hydrogen) atoms. The van der Waals surface area contributed by atoms with Crippen molar-refractivity contribution in [2.75, 3.05) is 6.54 Å². The summed E-state index contributed by atoms with van der Waals surface area (Å²) in [4.78, 5) is 22.4. The Bertz CT molecular complexity index is 631. The first-order chi connectivity index (χ1) is 10.0. The first-order valence-electron chi connectivity index (χ1n) is 6.56. The molecule has 112 valence electrons. The van der Waals surface area contributed by atoms with Crippen molar-refractivity contribution in [3.63, 3.8) is 0 Å². The van der Waals surface area contributed by atoms with E-state index in [0.29, 0.717) is 12.1 Å². The summed E-state index contributed by atoms with van der Waals surface area (Å²) in [7, 11) is 0. The van der Waals surface area contributed by atoms with Gasteiger partial charge in [-0.2, -0.15) is 10.2 Å². The van der Waals surface area contributed by atoms with Crippen molar-refractivity contribution in [1.82, 2.24) is 24.9 Å². The molecule has 0 saturated carbocycles. The fraction of sp³-hybridized carbons (Fsp3) is 0.385. The van der Waals surface area contributed by atoms with Gasteiger partial charge in [0.25, 0.3) is 5.91 Å². The molecule has 0 radical (unpaired) electrons. The molecule has 0 aliphatic heterocycles. The number of nitrogens with one attached hydrogen (secondary N) is 1. The second kappa shape index (κ2) is 6.69. The molecular weight excluding hydrogens is 274 g/mol.